The molecule has 0 aromatic rings. The van der Waals surface area contributed by atoms with Crippen molar-refractivity contribution < 1.29 is 32.5 Å². The van der Waals surface area contributed by atoms with E-state index in [2.05, 4.69) is 19.1 Å². The molecule has 0 radical (unpaired) electrons. The highest BCUT2D eigenvalue weighted by Crippen LogP contribution is 2.44. The molecule has 0 aromatic carbocycles. The van der Waals surface area contributed by atoms with Crippen LogP contribution in [0, 0.1) is 0 Å². The molecule has 0 spiro atoms. The van der Waals surface area contributed by atoms with E-state index in [0.717, 1.165) is 12.8 Å². The zero-order chi connectivity index (χ0) is 29.8. The number of quaternary nitrogens is 1. The minimum Gasteiger partial charge on any atom is -0.382 e. The van der Waals surface area contributed by atoms with E-state index in [1.54, 1.807) is 0 Å². The van der Waals surface area contributed by atoms with Crippen LogP contribution in [0.3, 0.4) is 0 Å². The van der Waals surface area contributed by atoms with E-state index >= 15 is 0 Å². The molecule has 0 rings (SSSR count). The van der Waals surface area contributed by atoms with E-state index in [0.29, 0.717) is 17.6 Å². The molecule has 1 unspecified atom stereocenters. The summed E-state index contributed by atoms with van der Waals surface area (Å²) in [5, 5.41) is 0. The lowest BCUT2D eigenvalue weighted by Crippen LogP contribution is -2.37. The predicted octanol–water partition coefficient (Wildman–Crippen LogP) is 8.85. The lowest BCUT2D eigenvalue weighted by Gasteiger charge is -2.25. The van der Waals surface area contributed by atoms with Crippen LogP contribution < -0.4 is 0 Å². The number of hydrogen-bond acceptors (Lipinski definition) is 5. The molecule has 0 aliphatic heterocycles. The first-order valence-corrected chi connectivity index (χ1v) is 17.9. The molecular weight excluding hydrogens is 525 g/mol. The average molecular weight is 593 g/mol. The van der Waals surface area contributed by atoms with Crippen molar-refractivity contribution in [2.45, 2.75) is 135 Å². The van der Waals surface area contributed by atoms with Crippen LogP contribution in [0.25, 0.3) is 0 Å². The molecule has 1 N–H and O–H groups in total. The highest BCUT2D eigenvalue weighted by molar-refractivity contribution is 7.47. The van der Waals surface area contributed by atoms with Crippen LogP contribution in [0.2, 0.25) is 0 Å². The molecule has 7 nitrogen and oxygen atoms in total. The van der Waals surface area contributed by atoms with E-state index in [1.165, 1.54) is 116 Å². The highest BCUT2D eigenvalue weighted by atomic mass is 31.2. The van der Waals surface area contributed by atoms with Crippen molar-refractivity contribution in [3.63, 3.8) is 0 Å². The third kappa shape index (κ3) is 30.7. The summed E-state index contributed by atoms with van der Waals surface area (Å²) in [5.74, 6) is 0. The van der Waals surface area contributed by atoms with Crippen LogP contribution in [0.4, 0.5) is 0 Å². The Morgan fingerprint density at radius 1 is 0.700 bits per heavy atom. The Labute approximate surface area is 248 Å². The summed E-state index contributed by atoms with van der Waals surface area (Å²) in [6.45, 7) is 4.04. The number of ether oxygens (including phenoxy) is 2. The van der Waals surface area contributed by atoms with Crippen molar-refractivity contribution in [1.82, 2.24) is 0 Å². The second-order valence-corrected chi connectivity index (χ2v) is 13.7. The van der Waals surface area contributed by atoms with Gasteiger partial charge in [0.25, 0.3) is 0 Å². The van der Waals surface area contributed by atoms with Gasteiger partial charge in [0.15, 0.2) is 0 Å². The van der Waals surface area contributed by atoms with Gasteiger partial charge in [0.05, 0.1) is 34.4 Å². The van der Waals surface area contributed by atoms with Crippen molar-refractivity contribution in [2.75, 3.05) is 61.2 Å². The van der Waals surface area contributed by atoms with E-state index in [4.69, 9.17) is 18.5 Å². The Hall–Kier alpha value is -0.270. The molecule has 0 heterocycles. The molecule has 40 heavy (non-hydrogen) atoms. The van der Waals surface area contributed by atoms with Gasteiger partial charge >= 0.3 is 7.82 Å². The number of rotatable bonds is 31. The van der Waals surface area contributed by atoms with Crippen LogP contribution in [0.5, 0.6) is 0 Å². The van der Waals surface area contributed by atoms with Crippen molar-refractivity contribution in [1.29, 1.82) is 0 Å². The predicted molar refractivity (Wildman–Crippen MR) is 169 cm³/mol. The Morgan fingerprint density at radius 2 is 1.18 bits per heavy atom. The summed E-state index contributed by atoms with van der Waals surface area (Å²) in [6.07, 6.45) is 29.2. The number of methoxy groups -OCH3 is 1. The molecule has 0 aliphatic carbocycles. The fourth-order valence-corrected chi connectivity index (χ4v) is 5.37. The number of phosphoric acid groups is 1. The molecule has 8 heteroatoms. The first-order chi connectivity index (χ1) is 19.2. The van der Waals surface area contributed by atoms with Gasteiger partial charge in [-0.05, 0) is 32.1 Å². The van der Waals surface area contributed by atoms with E-state index in [-0.39, 0.29) is 19.8 Å². The van der Waals surface area contributed by atoms with Gasteiger partial charge in [-0.1, -0.05) is 109 Å². The first-order valence-electron chi connectivity index (χ1n) is 16.4. The van der Waals surface area contributed by atoms with Gasteiger partial charge in [-0.25, -0.2) is 4.57 Å². The summed E-state index contributed by atoms with van der Waals surface area (Å²) in [5.41, 5.74) is 0. The van der Waals surface area contributed by atoms with Gasteiger partial charge in [-0.2, -0.15) is 0 Å². The molecule has 0 aliphatic rings. The Kier molecular flexibility index (Phi) is 27.4. The molecule has 0 aromatic heterocycles. The largest absolute Gasteiger partial charge is 0.472 e. The molecule has 240 valence electrons. The number of phosphoric ester groups is 1. The quantitative estimate of drug-likeness (QED) is 0.0375. The molecular formula is C32H67NO6P+. The number of unbranched alkanes of at least 4 members (excludes halogenated alkanes) is 17. The number of likely N-dealkylation sites (N-methyl/N-ethyl adjacent to an activating group) is 1. The van der Waals surface area contributed by atoms with E-state index in [1.807, 2.05) is 21.1 Å². The Balaban J connectivity index is 3.55. The monoisotopic (exact) mass is 592 g/mol. The van der Waals surface area contributed by atoms with Crippen molar-refractivity contribution >= 4 is 7.82 Å². The lowest BCUT2D eigenvalue weighted by molar-refractivity contribution is -0.870. The lowest BCUT2D eigenvalue weighted by atomic mass is 10.1. The van der Waals surface area contributed by atoms with Crippen molar-refractivity contribution in [3.8, 4) is 0 Å². The maximum Gasteiger partial charge on any atom is 0.472 e. The molecule has 0 fully saturated rings. The third-order valence-corrected chi connectivity index (χ3v) is 8.08. The third-order valence-electron chi connectivity index (χ3n) is 7.01. The van der Waals surface area contributed by atoms with Gasteiger partial charge in [0.2, 0.25) is 0 Å². The van der Waals surface area contributed by atoms with E-state index in [9.17, 15) is 9.46 Å². The molecule has 0 saturated carbocycles. The minimum absolute atomic E-state index is 0.147. The van der Waals surface area contributed by atoms with Crippen molar-refractivity contribution in [2.24, 2.45) is 0 Å². The Bertz CT molecular complexity index is 611. The smallest absolute Gasteiger partial charge is 0.382 e. The summed E-state index contributed by atoms with van der Waals surface area (Å²) >= 11 is 0. The van der Waals surface area contributed by atoms with Gasteiger partial charge in [-0.15, -0.1) is 0 Å². The van der Waals surface area contributed by atoms with Crippen LogP contribution in [-0.2, 0) is 23.1 Å². The highest BCUT2D eigenvalue weighted by Gasteiger charge is 2.27. The van der Waals surface area contributed by atoms with Gasteiger partial charge < -0.3 is 18.9 Å². The van der Waals surface area contributed by atoms with E-state index < -0.39 is 13.9 Å². The number of allylic oxidation sites excluding steroid dienone is 2. The fourth-order valence-electron chi connectivity index (χ4n) is 4.49. The van der Waals surface area contributed by atoms with Crippen LogP contribution >= 0.6 is 7.82 Å². The molecule has 0 bridgehead atoms. The number of nitrogens with zero attached hydrogens (tertiary/aromatic N) is 1. The average Bonchev–Trinajstić information content (AvgIpc) is 2.88. The van der Waals surface area contributed by atoms with Gasteiger partial charge in [0.1, 0.15) is 19.3 Å². The zero-order valence-corrected chi connectivity index (χ0v) is 28.0. The molecule has 2 atom stereocenters. The second kappa shape index (κ2) is 27.6. The normalized spacial score (nSPS) is 14.7. The van der Waals surface area contributed by atoms with Crippen molar-refractivity contribution in [3.05, 3.63) is 12.2 Å². The Morgan fingerprint density at radius 3 is 1.65 bits per heavy atom. The second-order valence-electron chi connectivity index (χ2n) is 12.3. The minimum atomic E-state index is -4.14. The van der Waals surface area contributed by atoms with Gasteiger partial charge in [0, 0.05) is 13.7 Å². The summed E-state index contributed by atoms with van der Waals surface area (Å²) in [4.78, 5) is 9.98. The standard InChI is InChI=1S/C32H66NO6P/c1-6-7-8-9-10-11-12-13-14-15-16-17-18-19-20-21-22-23-24-25-26-28-37-31-32(30-36-5)39-40(34,35)38-29-27-33(2,3)4/h17-18,32H,6-16,19-31H2,1-5H3/p+1/t32-/m0/s1. The topological polar surface area (TPSA) is 74.2 Å². The SMILES string of the molecule is CCCCCCCCCCCCC=CCCCCCCCCCOC[C@H](COC)OP(=O)(O)OCC[N+](C)(C)C. The van der Waals surface area contributed by atoms with Crippen LogP contribution in [0.15, 0.2) is 12.2 Å². The maximum absolute atomic E-state index is 12.2. The zero-order valence-electron chi connectivity index (χ0n) is 27.1. The number of hydrogen-bond donors (Lipinski definition) is 1. The fraction of sp³-hybridized carbons (Fsp3) is 0.938. The van der Waals surface area contributed by atoms with Crippen LogP contribution in [-0.4, -0.2) is 76.7 Å². The summed E-state index contributed by atoms with van der Waals surface area (Å²) in [7, 11) is 3.38. The maximum atomic E-state index is 12.2. The van der Waals surface area contributed by atoms with Crippen LogP contribution in [0.1, 0.15) is 129 Å². The summed E-state index contributed by atoms with van der Waals surface area (Å²) < 4.78 is 34.0. The first kappa shape index (κ1) is 39.7. The summed E-state index contributed by atoms with van der Waals surface area (Å²) in [6, 6.07) is 0. The van der Waals surface area contributed by atoms with Gasteiger partial charge in [-0.3, -0.25) is 9.05 Å². The molecule has 0 saturated heterocycles. The molecule has 0 amide bonds.